The summed E-state index contributed by atoms with van der Waals surface area (Å²) in [5.41, 5.74) is 0. The molecule has 1 unspecified atom stereocenters. The molecule has 0 aromatic carbocycles. The first kappa shape index (κ1) is 9.83. The Labute approximate surface area is 60.3 Å². The quantitative estimate of drug-likeness (QED) is 0.552. The molecule has 0 aromatic heterocycles. The van der Waals surface area contributed by atoms with Gasteiger partial charge in [0.15, 0.2) is 0 Å². The largest absolute Gasteiger partial charge is 0.383 e. The van der Waals surface area contributed by atoms with Crippen molar-refractivity contribution in [1.82, 2.24) is 4.72 Å². The molecule has 0 saturated carbocycles. The number of hydrogen-bond acceptors (Lipinski definition) is 3. The van der Waals surface area contributed by atoms with E-state index in [4.69, 9.17) is 4.55 Å². The van der Waals surface area contributed by atoms with Gasteiger partial charge >= 0.3 is 10.3 Å². The summed E-state index contributed by atoms with van der Waals surface area (Å²) in [6.45, 7) is 1.82. The average molecular weight is 169 g/mol. The van der Waals surface area contributed by atoms with Crippen molar-refractivity contribution in [1.29, 1.82) is 0 Å². The van der Waals surface area contributed by atoms with Gasteiger partial charge in [0.1, 0.15) is 0 Å². The first-order valence-corrected chi connectivity index (χ1v) is 4.13. The molecule has 62 valence electrons. The maximum absolute atomic E-state index is 10.1. The van der Waals surface area contributed by atoms with Crippen molar-refractivity contribution in [2.24, 2.45) is 0 Å². The SMILES string of the molecule is COCC(C)NS(=O)(=O)O. The Balaban J connectivity index is 3.69. The number of rotatable bonds is 4. The van der Waals surface area contributed by atoms with Crippen molar-refractivity contribution in [3.63, 3.8) is 0 Å². The molecule has 0 aromatic rings. The van der Waals surface area contributed by atoms with Crippen molar-refractivity contribution >= 4 is 10.3 Å². The monoisotopic (exact) mass is 169 g/mol. The summed E-state index contributed by atoms with van der Waals surface area (Å²) in [5, 5.41) is 0. The zero-order chi connectivity index (χ0) is 8.20. The van der Waals surface area contributed by atoms with Gasteiger partial charge in [-0.3, -0.25) is 4.55 Å². The van der Waals surface area contributed by atoms with Gasteiger partial charge in [0, 0.05) is 13.2 Å². The second kappa shape index (κ2) is 3.87. The molecule has 0 radical (unpaired) electrons. The lowest BCUT2D eigenvalue weighted by Crippen LogP contribution is -2.34. The molecule has 0 bridgehead atoms. The fraction of sp³-hybridized carbons (Fsp3) is 1.00. The normalized spacial score (nSPS) is 15.1. The van der Waals surface area contributed by atoms with E-state index in [2.05, 4.69) is 4.74 Å². The van der Waals surface area contributed by atoms with Crippen LogP contribution in [0.2, 0.25) is 0 Å². The summed E-state index contributed by atoms with van der Waals surface area (Å²) in [6, 6.07) is -0.403. The van der Waals surface area contributed by atoms with E-state index in [1.165, 1.54) is 7.11 Å². The highest BCUT2D eigenvalue weighted by molar-refractivity contribution is 7.83. The molecule has 0 fully saturated rings. The van der Waals surface area contributed by atoms with Crippen LogP contribution in [0.4, 0.5) is 0 Å². The van der Waals surface area contributed by atoms with Gasteiger partial charge in [0.2, 0.25) is 0 Å². The van der Waals surface area contributed by atoms with Gasteiger partial charge in [-0.1, -0.05) is 0 Å². The minimum atomic E-state index is -4.08. The minimum Gasteiger partial charge on any atom is -0.383 e. The zero-order valence-corrected chi connectivity index (χ0v) is 6.68. The molecule has 0 aliphatic rings. The molecule has 0 rings (SSSR count). The van der Waals surface area contributed by atoms with E-state index in [-0.39, 0.29) is 6.61 Å². The molecule has 0 aliphatic heterocycles. The van der Waals surface area contributed by atoms with E-state index in [1.54, 1.807) is 6.92 Å². The molecule has 1 atom stereocenters. The van der Waals surface area contributed by atoms with E-state index >= 15 is 0 Å². The first-order chi connectivity index (χ1) is 4.45. The third-order valence-electron chi connectivity index (χ3n) is 0.767. The van der Waals surface area contributed by atoms with Crippen molar-refractivity contribution in [2.45, 2.75) is 13.0 Å². The molecule has 0 aliphatic carbocycles. The smallest absolute Gasteiger partial charge is 0.333 e. The Morgan fingerprint density at radius 1 is 1.70 bits per heavy atom. The van der Waals surface area contributed by atoms with E-state index in [1.807, 2.05) is 4.72 Å². The maximum Gasteiger partial charge on any atom is 0.333 e. The molecule has 10 heavy (non-hydrogen) atoms. The minimum absolute atomic E-state index is 0.236. The molecule has 5 nitrogen and oxygen atoms in total. The fourth-order valence-electron chi connectivity index (χ4n) is 0.538. The van der Waals surface area contributed by atoms with Crippen LogP contribution in [0.3, 0.4) is 0 Å². The third kappa shape index (κ3) is 5.96. The highest BCUT2D eigenvalue weighted by atomic mass is 32.2. The highest BCUT2D eigenvalue weighted by Crippen LogP contribution is 1.84. The number of ether oxygens (including phenoxy) is 1. The molecular weight excluding hydrogens is 158 g/mol. The van der Waals surface area contributed by atoms with Crippen LogP contribution in [0.5, 0.6) is 0 Å². The van der Waals surface area contributed by atoms with E-state index in [0.29, 0.717) is 0 Å². The Morgan fingerprint density at radius 3 is 2.50 bits per heavy atom. The van der Waals surface area contributed by atoms with E-state index in [9.17, 15) is 8.42 Å². The van der Waals surface area contributed by atoms with Gasteiger partial charge in [0.25, 0.3) is 0 Å². The number of methoxy groups -OCH3 is 1. The van der Waals surface area contributed by atoms with Crippen molar-refractivity contribution in [3.05, 3.63) is 0 Å². The van der Waals surface area contributed by atoms with Gasteiger partial charge in [-0.2, -0.15) is 13.1 Å². The Hall–Kier alpha value is -0.170. The van der Waals surface area contributed by atoms with Crippen LogP contribution in [0.15, 0.2) is 0 Å². The van der Waals surface area contributed by atoms with Crippen molar-refractivity contribution in [3.8, 4) is 0 Å². The van der Waals surface area contributed by atoms with Crippen LogP contribution >= 0.6 is 0 Å². The summed E-state index contributed by atoms with van der Waals surface area (Å²) >= 11 is 0. The summed E-state index contributed by atoms with van der Waals surface area (Å²) in [4.78, 5) is 0. The second-order valence-electron chi connectivity index (χ2n) is 1.95. The van der Waals surface area contributed by atoms with Crippen LogP contribution in [-0.2, 0) is 15.0 Å². The second-order valence-corrected chi connectivity index (χ2v) is 3.14. The Morgan fingerprint density at radius 2 is 2.20 bits per heavy atom. The van der Waals surface area contributed by atoms with Gasteiger partial charge in [-0.25, -0.2) is 0 Å². The van der Waals surface area contributed by atoms with Crippen molar-refractivity contribution < 1.29 is 17.7 Å². The lowest BCUT2D eigenvalue weighted by atomic mass is 10.4. The maximum atomic E-state index is 10.1. The summed E-state index contributed by atoms with van der Waals surface area (Å²) in [6.07, 6.45) is 0. The lowest BCUT2D eigenvalue weighted by molar-refractivity contribution is 0.179. The van der Waals surface area contributed by atoms with Crippen LogP contribution in [0, 0.1) is 0 Å². The fourth-order valence-corrected chi connectivity index (χ4v) is 1.11. The topological polar surface area (TPSA) is 75.6 Å². The molecule has 6 heteroatoms. The zero-order valence-electron chi connectivity index (χ0n) is 5.86. The van der Waals surface area contributed by atoms with Crippen LogP contribution in [0.25, 0.3) is 0 Å². The molecule has 0 heterocycles. The first-order valence-electron chi connectivity index (χ1n) is 2.69. The summed E-state index contributed by atoms with van der Waals surface area (Å²) in [7, 11) is -2.63. The van der Waals surface area contributed by atoms with Crippen molar-refractivity contribution in [2.75, 3.05) is 13.7 Å². The van der Waals surface area contributed by atoms with Crippen LogP contribution in [0.1, 0.15) is 6.92 Å². The Kier molecular flexibility index (Phi) is 3.80. The molecular formula is C4H11NO4S. The summed E-state index contributed by atoms with van der Waals surface area (Å²) < 4.78 is 35.0. The predicted octanol–water partition coefficient (Wildman–Crippen LogP) is -0.586. The third-order valence-corrected chi connectivity index (χ3v) is 1.47. The average Bonchev–Trinajstić information content (AvgIpc) is 1.59. The van der Waals surface area contributed by atoms with Gasteiger partial charge in [-0.15, -0.1) is 0 Å². The molecule has 0 spiro atoms. The van der Waals surface area contributed by atoms with E-state index < -0.39 is 16.3 Å². The number of hydrogen-bond donors (Lipinski definition) is 2. The predicted molar refractivity (Wildman–Crippen MR) is 36.0 cm³/mol. The van der Waals surface area contributed by atoms with Crippen LogP contribution < -0.4 is 4.72 Å². The van der Waals surface area contributed by atoms with Gasteiger partial charge in [0.05, 0.1) is 6.61 Å². The van der Waals surface area contributed by atoms with Gasteiger partial charge in [-0.05, 0) is 6.92 Å². The number of nitrogens with one attached hydrogen (secondary N) is 1. The van der Waals surface area contributed by atoms with Gasteiger partial charge < -0.3 is 4.74 Å². The molecule has 2 N–H and O–H groups in total. The van der Waals surface area contributed by atoms with Crippen LogP contribution in [-0.4, -0.2) is 32.7 Å². The Bertz CT molecular complexity index is 176. The standard InChI is InChI=1S/C4H11NO4S/c1-4(3-9-2)5-10(6,7)8/h4-5H,3H2,1-2H3,(H,6,7,8). The molecule has 0 saturated heterocycles. The lowest BCUT2D eigenvalue weighted by Gasteiger charge is -2.08. The highest BCUT2D eigenvalue weighted by Gasteiger charge is 2.08. The summed E-state index contributed by atoms with van der Waals surface area (Å²) in [5.74, 6) is 0. The molecule has 0 amide bonds. The van der Waals surface area contributed by atoms with E-state index in [0.717, 1.165) is 0 Å².